The van der Waals surface area contributed by atoms with Gasteiger partial charge in [-0.2, -0.15) is 0 Å². The van der Waals surface area contributed by atoms with Crippen molar-refractivity contribution in [3.8, 4) is 5.75 Å². The summed E-state index contributed by atoms with van der Waals surface area (Å²) in [6.45, 7) is 4.03. The molecule has 188 valence electrons. The number of aromatic hydroxyl groups is 1. The molecule has 2 rings (SSSR count). The number of carboxylic acids is 2. The highest BCUT2D eigenvalue weighted by atomic mass is 16.7. The van der Waals surface area contributed by atoms with Crippen LogP contribution in [0.4, 0.5) is 0 Å². The van der Waals surface area contributed by atoms with Gasteiger partial charge in [-0.25, -0.2) is 4.79 Å². The number of carboxylic acid groups (broad SMARTS) is 2. The summed E-state index contributed by atoms with van der Waals surface area (Å²) in [5, 5.41) is 37.4. The molecule has 0 spiro atoms. The van der Waals surface area contributed by atoms with Gasteiger partial charge in [-0.05, 0) is 12.1 Å². The Kier molecular flexibility index (Phi) is 10.4. The lowest BCUT2D eigenvalue weighted by Crippen LogP contribution is -2.57. The van der Waals surface area contributed by atoms with Crippen LogP contribution in [0.3, 0.4) is 0 Å². The lowest BCUT2D eigenvalue weighted by Gasteiger charge is -2.43. The van der Waals surface area contributed by atoms with Crippen LogP contribution < -0.4 is 0 Å². The van der Waals surface area contributed by atoms with Crippen molar-refractivity contribution in [3.63, 3.8) is 0 Å². The van der Waals surface area contributed by atoms with E-state index < -0.39 is 72.7 Å². The number of hydrogen-bond donors (Lipinski definition) is 4. The first-order valence-electron chi connectivity index (χ1n) is 9.81. The molecule has 5 atom stereocenters. The topological polar surface area (TPSA) is 203 Å². The maximum atomic E-state index is 11.7. The predicted molar refractivity (Wildman–Crippen MR) is 110 cm³/mol. The predicted octanol–water partition coefficient (Wildman–Crippen LogP) is 0.409. The van der Waals surface area contributed by atoms with E-state index in [4.69, 9.17) is 34.0 Å². The Bertz CT molecular complexity index is 921. The van der Waals surface area contributed by atoms with E-state index in [-0.39, 0.29) is 11.1 Å². The molecule has 5 unspecified atom stereocenters. The number of carbonyl (C=O) groups is 5. The number of ether oxygens (including phenoxy) is 4. The number of esters is 3. The SMILES string of the molecule is CC(=O)O.CC(=O)OCC1OC(O)C(c2ccc(C(=O)O)cc2O)C(OC(C)=O)C1OC(C)=O. The Morgan fingerprint density at radius 2 is 1.44 bits per heavy atom. The van der Waals surface area contributed by atoms with E-state index in [1.807, 2.05) is 0 Å². The number of phenols is 1. The summed E-state index contributed by atoms with van der Waals surface area (Å²) in [4.78, 5) is 54.6. The summed E-state index contributed by atoms with van der Waals surface area (Å²) >= 11 is 0. The fraction of sp³-hybridized carbons (Fsp3) is 0.476. The van der Waals surface area contributed by atoms with Crippen LogP contribution in [0.25, 0.3) is 0 Å². The lowest BCUT2D eigenvalue weighted by atomic mass is 9.84. The van der Waals surface area contributed by atoms with Crippen molar-refractivity contribution in [2.45, 2.75) is 58.2 Å². The molecule has 1 fully saturated rings. The van der Waals surface area contributed by atoms with Crippen LogP contribution in [0.2, 0.25) is 0 Å². The first-order valence-corrected chi connectivity index (χ1v) is 9.81. The second-order valence-corrected chi connectivity index (χ2v) is 7.14. The number of aliphatic hydroxyl groups is 1. The molecule has 13 nitrogen and oxygen atoms in total. The molecule has 1 aliphatic heterocycles. The van der Waals surface area contributed by atoms with Gasteiger partial charge in [0.05, 0.1) is 11.5 Å². The van der Waals surface area contributed by atoms with Crippen LogP contribution in [-0.2, 0) is 38.1 Å². The van der Waals surface area contributed by atoms with Crippen molar-refractivity contribution in [2.75, 3.05) is 6.61 Å². The molecule has 1 aliphatic rings. The Hall–Kier alpha value is -3.71. The summed E-state index contributed by atoms with van der Waals surface area (Å²) < 4.78 is 20.8. The molecular formula is C21H26O13. The maximum absolute atomic E-state index is 11.7. The van der Waals surface area contributed by atoms with Crippen molar-refractivity contribution >= 4 is 29.8 Å². The minimum Gasteiger partial charge on any atom is -0.508 e. The van der Waals surface area contributed by atoms with Gasteiger partial charge < -0.3 is 39.4 Å². The number of rotatable bonds is 6. The third-order valence-electron chi connectivity index (χ3n) is 4.36. The molecule has 0 radical (unpaired) electrons. The molecule has 34 heavy (non-hydrogen) atoms. The molecule has 1 heterocycles. The molecule has 4 N–H and O–H groups in total. The first kappa shape index (κ1) is 28.3. The molecule has 0 aromatic heterocycles. The van der Waals surface area contributed by atoms with Crippen molar-refractivity contribution in [1.29, 1.82) is 0 Å². The van der Waals surface area contributed by atoms with Gasteiger partial charge in [0.2, 0.25) is 0 Å². The summed E-state index contributed by atoms with van der Waals surface area (Å²) in [5.41, 5.74) is -0.211. The third kappa shape index (κ3) is 8.33. The summed E-state index contributed by atoms with van der Waals surface area (Å²) in [7, 11) is 0. The van der Waals surface area contributed by atoms with Crippen molar-refractivity contribution in [1.82, 2.24) is 0 Å². The molecule has 1 aromatic carbocycles. The minimum atomic E-state index is -1.68. The number of aliphatic carboxylic acids is 1. The molecule has 0 saturated carbocycles. The van der Waals surface area contributed by atoms with Gasteiger partial charge in [-0.3, -0.25) is 19.2 Å². The van der Waals surface area contributed by atoms with Crippen molar-refractivity contribution in [2.24, 2.45) is 0 Å². The average molecular weight is 486 g/mol. The maximum Gasteiger partial charge on any atom is 0.335 e. The Morgan fingerprint density at radius 3 is 1.88 bits per heavy atom. The quantitative estimate of drug-likeness (QED) is 0.318. The van der Waals surface area contributed by atoms with E-state index in [0.29, 0.717) is 0 Å². The molecule has 0 bridgehead atoms. The Labute approximate surface area is 193 Å². The zero-order valence-corrected chi connectivity index (χ0v) is 18.8. The number of aliphatic hydroxyl groups excluding tert-OH is 1. The molecule has 1 saturated heterocycles. The fourth-order valence-electron chi connectivity index (χ4n) is 3.21. The van der Waals surface area contributed by atoms with Gasteiger partial charge >= 0.3 is 23.9 Å². The highest BCUT2D eigenvalue weighted by Gasteiger charge is 2.51. The molecular weight excluding hydrogens is 460 g/mol. The normalized spacial score (nSPS) is 23.5. The number of phenolic OH excluding ortho intramolecular Hbond substituents is 1. The summed E-state index contributed by atoms with van der Waals surface area (Å²) in [6.07, 6.45) is -5.48. The van der Waals surface area contributed by atoms with E-state index in [1.54, 1.807) is 0 Å². The Balaban J connectivity index is 0.00000133. The summed E-state index contributed by atoms with van der Waals surface area (Å²) in [5.74, 6) is -6.04. The number of carbonyl (C=O) groups excluding carboxylic acids is 3. The van der Waals surface area contributed by atoms with Gasteiger partial charge in [0.25, 0.3) is 5.97 Å². The van der Waals surface area contributed by atoms with Crippen LogP contribution in [0, 0.1) is 0 Å². The van der Waals surface area contributed by atoms with Crippen LogP contribution in [-0.4, -0.2) is 81.5 Å². The fourth-order valence-corrected chi connectivity index (χ4v) is 3.21. The van der Waals surface area contributed by atoms with Crippen molar-refractivity contribution < 1.29 is 63.3 Å². The van der Waals surface area contributed by atoms with Gasteiger partial charge in [-0.1, -0.05) is 6.07 Å². The van der Waals surface area contributed by atoms with E-state index in [2.05, 4.69) is 0 Å². The molecule has 0 aliphatic carbocycles. The minimum absolute atomic E-state index is 0.00170. The summed E-state index contributed by atoms with van der Waals surface area (Å²) in [6, 6.07) is 3.37. The van der Waals surface area contributed by atoms with Gasteiger partial charge in [0, 0.05) is 33.3 Å². The van der Waals surface area contributed by atoms with Crippen molar-refractivity contribution in [3.05, 3.63) is 29.3 Å². The monoisotopic (exact) mass is 486 g/mol. The average Bonchev–Trinajstić information content (AvgIpc) is 2.68. The number of aromatic carboxylic acids is 1. The highest BCUT2D eigenvalue weighted by molar-refractivity contribution is 5.88. The third-order valence-corrected chi connectivity index (χ3v) is 4.36. The van der Waals surface area contributed by atoms with Crippen LogP contribution >= 0.6 is 0 Å². The molecule has 0 amide bonds. The van der Waals surface area contributed by atoms with E-state index in [1.165, 1.54) is 12.1 Å². The van der Waals surface area contributed by atoms with Crippen LogP contribution in [0.5, 0.6) is 5.75 Å². The zero-order valence-electron chi connectivity index (χ0n) is 18.8. The lowest BCUT2D eigenvalue weighted by molar-refractivity contribution is -0.263. The first-order chi connectivity index (χ1) is 15.7. The number of benzene rings is 1. The van der Waals surface area contributed by atoms with Gasteiger partial charge in [0.15, 0.2) is 18.5 Å². The van der Waals surface area contributed by atoms with E-state index in [0.717, 1.165) is 33.8 Å². The molecule has 1 aromatic rings. The van der Waals surface area contributed by atoms with E-state index >= 15 is 0 Å². The largest absolute Gasteiger partial charge is 0.508 e. The number of hydrogen-bond acceptors (Lipinski definition) is 11. The Morgan fingerprint density at radius 1 is 0.912 bits per heavy atom. The van der Waals surface area contributed by atoms with Crippen LogP contribution in [0.15, 0.2) is 18.2 Å². The second-order valence-electron chi connectivity index (χ2n) is 7.14. The van der Waals surface area contributed by atoms with Gasteiger partial charge in [0.1, 0.15) is 18.5 Å². The molecule has 13 heteroatoms. The van der Waals surface area contributed by atoms with Crippen LogP contribution in [0.1, 0.15) is 49.5 Å². The standard InChI is InChI=1S/C19H22O11.C2H4O2/c1-8(20)27-7-14-16(28-9(2)21)17(29-10(3)22)15(19(26)30-14)12-5-4-11(18(24)25)6-13(12)23;1-2(3)4/h4-6,14-17,19,23,26H,7H2,1-3H3,(H,24,25);1H3,(H,3,4). The smallest absolute Gasteiger partial charge is 0.335 e. The zero-order chi connectivity index (χ0) is 26.2. The highest BCUT2D eigenvalue weighted by Crippen LogP contribution is 2.40. The van der Waals surface area contributed by atoms with Gasteiger partial charge in [-0.15, -0.1) is 0 Å². The van der Waals surface area contributed by atoms with E-state index in [9.17, 15) is 29.4 Å². The second kappa shape index (κ2) is 12.5.